The first-order chi connectivity index (χ1) is 2.27. The Kier molecular flexibility index (Phi) is 2.55. The molecular weight excluding hydrogens is 87.5 g/mol. The fraction of sp³-hybridized carbons (Fsp3) is 1.00. The third-order valence-corrected chi connectivity index (χ3v) is 0.403. The van der Waals surface area contributed by atoms with Crippen molar-refractivity contribution in [1.29, 1.82) is 0 Å². The normalized spacial score (nSPS) is 15.0. The van der Waals surface area contributed by atoms with Crippen molar-refractivity contribution in [3.05, 3.63) is 0 Å². The second-order valence-corrected chi connectivity index (χ2v) is 1.31. The Morgan fingerprint density at radius 3 is 2.00 bits per heavy atom. The van der Waals surface area contributed by atoms with E-state index in [9.17, 15) is 0 Å². The van der Waals surface area contributed by atoms with Gasteiger partial charge in [0, 0.05) is 6.54 Å². The highest BCUT2D eigenvalue weighted by atomic mass is 35.5. The van der Waals surface area contributed by atoms with Crippen molar-refractivity contribution in [2.24, 2.45) is 11.5 Å². The van der Waals surface area contributed by atoms with Crippen LogP contribution in [0.4, 0.5) is 0 Å². The zero-order valence-electron chi connectivity index (χ0n) is 2.82. The van der Waals surface area contributed by atoms with Crippen molar-refractivity contribution in [2.75, 3.05) is 6.54 Å². The maximum absolute atomic E-state index is 5.11. The Morgan fingerprint density at radius 1 is 1.80 bits per heavy atom. The summed E-state index contributed by atoms with van der Waals surface area (Å²) in [5, 5.41) is 0. The van der Waals surface area contributed by atoms with E-state index in [2.05, 4.69) is 0 Å². The lowest BCUT2D eigenvalue weighted by Crippen LogP contribution is -2.22. The molecule has 0 rings (SSSR count). The number of hydrogen-bond acceptors (Lipinski definition) is 2. The zero-order chi connectivity index (χ0) is 4.28. The summed E-state index contributed by atoms with van der Waals surface area (Å²) in [5.74, 6) is 0. The predicted octanol–water partition coefficient (Wildman–Crippen LogP) is -0.531. The molecule has 4 N–H and O–H groups in total. The van der Waals surface area contributed by atoms with Crippen LogP contribution in [-0.4, -0.2) is 12.0 Å². The summed E-state index contributed by atoms with van der Waals surface area (Å²) in [6.45, 7) is 0.349. The van der Waals surface area contributed by atoms with Crippen molar-refractivity contribution in [3.63, 3.8) is 0 Å². The van der Waals surface area contributed by atoms with Gasteiger partial charge in [-0.3, -0.25) is 0 Å². The van der Waals surface area contributed by atoms with Gasteiger partial charge in [-0.1, -0.05) is 0 Å². The van der Waals surface area contributed by atoms with Crippen LogP contribution in [-0.2, 0) is 0 Å². The van der Waals surface area contributed by atoms with Crippen molar-refractivity contribution in [3.8, 4) is 0 Å². The minimum atomic E-state index is -0.366. The maximum atomic E-state index is 5.11. The van der Waals surface area contributed by atoms with E-state index in [1.165, 1.54) is 0 Å². The first kappa shape index (κ1) is 5.21. The highest BCUT2D eigenvalue weighted by molar-refractivity contribution is 6.20. The van der Waals surface area contributed by atoms with Crippen LogP contribution in [0.1, 0.15) is 0 Å². The van der Waals surface area contributed by atoms with Crippen molar-refractivity contribution >= 4 is 11.6 Å². The number of nitrogens with two attached hydrogens (primary N) is 2. The molecule has 5 heavy (non-hydrogen) atoms. The minimum absolute atomic E-state index is 0.349. The first-order valence-electron chi connectivity index (χ1n) is 1.37. The summed E-state index contributed by atoms with van der Waals surface area (Å²) in [7, 11) is 0. The van der Waals surface area contributed by atoms with Gasteiger partial charge in [0.15, 0.2) is 0 Å². The zero-order valence-corrected chi connectivity index (χ0v) is 3.57. The smallest absolute Gasteiger partial charge is 0.0924 e. The summed E-state index contributed by atoms with van der Waals surface area (Å²) >= 11 is 5.11. The van der Waals surface area contributed by atoms with Gasteiger partial charge in [0.1, 0.15) is 0 Å². The highest BCUT2D eigenvalue weighted by Crippen LogP contribution is 1.74. The first-order valence-corrected chi connectivity index (χ1v) is 1.80. The van der Waals surface area contributed by atoms with Crippen LogP contribution >= 0.6 is 11.6 Å². The molecule has 32 valence electrons. The van der Waals surface area contributed by atoms with E-state index < -0.39 is 0 Å². The molecule has 0 amide bonds. The fourth-order valence-electron chi connectivity index (χ4n) is 0. The molecule has 0 unspecified atom stereocenters. The average molecular weight is 94.5 g/mol. The molecule has 0 heterocycles. The largest absolute Gasteiger partial charge is 0.328 e. The lowest BCUT2D eigenvalue weighted by Gasteiger charge is -1.89. The van der Waals surface area contributed by atoms with Crippen LogP contribution in [0.3, 0.4) is 0 Å². The standard InChI is InChI=1S/C2H7ClN2/c3-2(5)1-4/h2H,1,4-5H2/t2-/m1/s1. The van der Waals surface area contributed by atoms with Crippen LogP contribution in [0.5, 0.6) is 0 Å². The second-order valence-electron chi connectivity index (χ2n) is 0.752. The van der Waals surface area contributed by atoms with E-state index in [4.69, 9.17) is 23.1 Å². The Bertz CT molecular complexity index is 21.6. The summed E-state index contributed by atoms with van der Waals surface area (Å²) in [6, 6.07) is 0. The van der Waals surface area contributed by atoms with Gasteiger partial charge in [-0.15, -0.1) is 11.6 Å². The van der Waals surface area contributed by atoms with Crippen LogP contribution < -0.4 is 11.5 Å². The number of hydrogen-bond donors (Lipinski definition) is 2. The van der Waals surface area contributed by atoms with Crippen molar-refractivity contribution in [2.45, 2.75) is 5.50 Å². The monoisotopic (exact) mass is 94.0 g/mol. The van der Waals surface area contributed by atoms with Crippen LogP contribution in [0.2, 0.25) is 0 Å². The van der Waals surface area contributed by atoms with Crippen LogP contribution in [0.25, 0.3) is 0 Å². The van der Waals surface area contributed by atoms with Gasteiger partial charge in [-0.05, 0) is 0 Å². The molecule has 0 radical (unpaired) electrons. The molecule has 0 saturated carbocycles. The molecule has 0 aliphatic rings. The molecule has 0 saturated heterocycles. The molecule has 0 aliphatic carbocycles. The van der Waals surface area contributed by atoms with E-state index in [0.29, 0.717) is 6.54 Å². The highest BCUT2D eigenvalue weighted by Gasteiger charge is 1.83. The van der Waals surface area contributed by atoms with Crippen LogP contribution in [0, 0.1) is 0 Å². The van der Waals surface area contributed by atoms with Gasteiger partial charge in [-0.25, -0.2) is 0 Å². The SMILES string of the molecule is NC[C@@H](N)Cl. The quantitative estimate of drug-likeness (QED) is 0.339. The van der Waals surface area contributed by atoms with E-state index in [1.807, 2.05) is 0 Å². The number of rotatable bonds is 1. The molecule has 1 atom stereocenters. The molecule has 0 aromatic rings. The maximum Gasteiger partial charge on any atom is 0.0924 e. The topological polar surface area (TPSA) is 52.0 Å². The van der Waals surface area contributed by atoms with Crippen LogP contribution in [0.15, 0.2) is 0 Å². The Morgan fingerprint density at radius 2 is 2.00 bits per heavy atom. The average Bonchev–Trinajstić information content (AvgIpc) is 1.38. The third kappa shape index (κ3) is 4.21. The summed E-state index contributed by atoms with van der Waals surface area (Å²) in [6.07, 6.45) is 0. The minimum Gasteiger partial charge on any atom is -0.328 e. The lowest BCUT2D eigenvalue weighted by atomic mass is 10.7. The number of halogens is 1. The van der Waals surface area contributed by atoms with Gasteiger partial charge in [0.25, 0.3) is 0 Å². The summed E-state index contributed by atoms with van der Waals surface area (Å²) in [4.78, 5) is 0. The molecule has 0 aliphatic heterocycles. The Hall–Kier alpha value is 0.210. The van der Waals surface area contributed by atoms with E-state index >= 15 is 0 Å². The predicted molar refractivity (Wildman–Crippen MR) is 22.9 cm³/mol. The molecular formula is C2H7ClN2. The van der Waals surface area contributed by atoms with Crippen molar-refractivity contribution < 1.29 is 0 Å². The Balaban J connectivity index is 2.54. The molecule has 0 spiro atoms. The van der Waals surface area contributed by atoms with E-state index in [0.717, 1.165) is 0 Å². The fourth-order valence-corrected chi connectivity index (χ4v) is 0. The van der Waals surface area contributed by atoms with E-state index in [1.54, 1.807) is 0 Å². The molecule has 0 aromatic carbocycles. The molecule has 0 fully saturated rings. The van der Waals surface area contributed by atoms with Gasteiger partial charge < -0.3 is 11.5 Å². The molecule has 3 heteroatoms. The Labute approximate surface area is 36.1 Å². The number of alkyl halides is 1. The van der Waals surface area contributed by atoms with E-state index in [-0.39, 0.29) is 5.50 Å². The lowest BCUT2D eigenvalue weighted by molar-refractivity contribution is 0.901. The van der Waals surface area contributed by atoms with Gasteiger partial charge >= 0.3 is 0 Å². The van der Waals surface area contributed by atoms with Gasteiger partial charge in [0.2, 0.25) is 0 Å². The van der Waals surface area contributed by atoms with Gasteiger partial charge in [0.05, 0.1) is 5.50 Å². The molecule has 2 nitrogen and oxygen atoms in total. The van der Waals surface area contributed by atoms with Crippen molar-refractivity contribution in [1.82, 2.24) is 0 Å². The van der Waals surface area contributed by atoms with Gasteiger partial charge in [-0.2, -0.15) is 0 Å². The third-order valence-electron chi connectivity index (χ3n) is 0.225. The summed E-state index contributed by atoms with van der Waals surface area (Å²) in [5.41, 5.74) is 9.48. The second kappa shape index (κ2) is 2.45. The summed E-state index contributed by atoms with van der Waals surface area (Å²) < 4.78 is 0. The molecule has 0 bridgehead atoms. The molecule has 0 aromatic heterocycles.